The maximum absolute atomic E-state index is 11.8. The minimum Gasteiger partial charge on any atom is -0.325 e. The molecule has 1 aromatic carbocycles. The zero-order valence-electron chi connectivity index (χ0n) is 11.9. The largest absolute Gasteiger partial charge is 0.325 e. The van der Waals surface area contributed by atoms with E-state index < -0.39 is 0 Å². The first-order valence-electron chi connectivity index (χ1n) is 7.23. The molecule has 2 rings (SSSR count). The lowest BCUT2D eigenvalue weighted by Gasteiger charge is -2.32. The Morgan fingerprint density at radius 3 is 2.58 bits per heavy atom. The van der Waals surface area contributed by atoms with E-state index >= 15 is 0 Å². The highest BCUT2D eigenvalue weighted by atomic mass is 16.1. The molecule has 3 atom stereocenters. The molecule has 0 aliphatic heterocycles. The van der Waals surface area contributed by atoms with E-state index in [1.165, 1.54) is 19.3 Å². The quantitative estimate of drug-likeness (QED) is 0.873. The standard InChI is InChI=1S/C16H24N2O/c1-12-8-9-15(10-13(12)2)17-11-16(19)18-14-6-4-3-5-7-14/h3-7,12-13,15,17H,8-11H2,1-2H3,(H,18,19). The molecule has 0 aromatic heterocycles. The topological polar surface area (TPSA) is 41.1 Å². The minimum absolute atomic E-state index is 0.0393. The van der Waals surface area contributed by atoms with Crippen molar-refractivity contribution >= 4 is 11.6 Å². The first-order valence-corrected chi connectivity index (χ1v) is 7.23. The highest BCUT2D eigenvalue weighted by molar-refractivity contribution is 5.92. The van der Waals surface area contributed by atoms with Crippen LogP contribution >= 0.6 is 0 Å². The fourth-order valence-electron chi connectivity index (χ4n) is 2.70. The number of hydrogen-bond donors (Lipinski definition) is 2. The third-order valence-corrected chi connectivity index (χ3v) is 4.21. The lowest BCUT2D eigenvalue weighted by Crippen LogP contribution is -2.40. The van der Waals surface area contributed by atoms with Gasteiger partial charge >= 0.3 is 0 Å². The van der Waals surface area contributed by atoms with Gasteiger partial charge in [-0.25, -0.2) is 0 Å². The van der Waals surface area contributed by atoms with Crippen LogP contribution in [0.25, 0.3) is 0 Å². The van der Waals surface area contributed by atoms with Crippen LogP contribution in [0, 0.1) is 11.8 Å². The van der Waals surface area contributed by atoms with Crippen molar-refractivity contribution in [3.05, 3.63) is 30.3 Å². The third kappa shape index (κ3) is 4.35. The van der Waals surface area contributed by atoms with Crippen molar-refractivity contribution in [3.8, 4) is 0 Å². The normalized spacial score (nSPS) is 26.9. The summed E-state index contributed by atoms with van der Waals surface area (Å²) in [5.41, 5.74) is 0.861. The Balaban J connectivity index is 1.72. The number of benzene rings is 1. The second kappa shape index (κ2) is 6.71. The molecule has 1 amide bonds. The van der Waals surface area contributed by atoms with Gasteiger partial charge in [-0.15, -0.1) is 0 Å². The van der Waals surface area contributed by atoms with Gasteiger partial charge in [-0.05, 0) is 43.2 Å². The summed E-state index contributed by atoms with van der Waals surface area (Å²) in [6.07, 6.45) is 3.63. The second-order valence-electron chi connectivity index (χ2n) is 5.76. The predicted molar refractivity (Wildman–Crippen MR) is 79.0 cm³/mol. The number of carbonyl (C=O) groups excluding carboxylic acids is 1. The lowest BCUT2D eigenvalue weighted by atomic mass is 9.79. The second-order valence-corrected chi connectivity index (χ2v) is 5.76. The predicted octanol–water partition coefficient (Wildman–Crippen LogP) is 3.04. The van der Waals surface area contributed by atoms with Crippen LogP contribution in [0.3, 0.4) is 0 Å². The van der Waals surface area contributed by atoms with E-state index in [-0.39, 0.29) is 5.91 Å². The van der Waals surface area contributed by atoms with E-state index in [2.05, 4.69) is 24.5 Å². The summed E-state index contributed by atoms with van der Waals surface area (Å²) in [6.45, 7) is 5.03. The molecule has 1 aliphatic carbocycles. The van der Waals surface area contributed by atoms with Crippen LogP contribution in [-0.2, 0) is 4.79 Å². The zero-order valence-corrected chi connectivity index (χ0v) is 11.9. The molecular formula is C16H24N2O. The molecular weight excluding hydrogens is 236 g/mol. The number of para-hydroxylation sites is 1. The van der Waals surface area contributed by atoms with E-state index in [1.54, 1.807) is 0 Å². The van der Waals surface area contributed by atoms with E-state index in [9.17, 15) is 4.79 Å². The van der Waals surface area contributed by atoms with Crippen molar-refractivity contribution in [1.29, 1.82) is 0 Å². The van der Waals surface area contributed by atoms with Gasteiger partial charge in [0.25, 0.3) is 0 Å². The molecule has 104 valence electrons. The van der Waals surface area contributed by atoms with Crippen LogP contribution in [0.15, 0.2) is 30.3 Å². The average molecular weight is 260 g/mol. The molecule has 3 unspecified atom stereocenters. The third-order valence-electron chi connectivity index (χ3n) is 4.21. The number of carbonyl (C=O) groups is 1. The van der Waals surface area contributed by atoms with Crippen LogP contribution in [0.1, 0.15) is 33.1 Å². The molecule has 2 N–H and O–H groups in total. The minimum atomic E-state index is 0.0393. The smallest absolute Gasteiger partial charge is 0.238 e. The highest BCUT2D eigenvalue weighted by Crippen LogP contribution is 2.29. The Hall–Kier alpha value is -1.35. The van der Waals surface area contributed by atoms with Crippen LogP contribution in [0.4, 0.5) is 5.69 Å². The molecule has 0 spiro atoms. The van der Waals surface area contributed by atoms with Crippen LogP contribution < -0.4 is 10.6 Å². The highest BCUT2D eigenvalue weighted by Gasteiger charge is 2.24. The van der Waals surface area contributed by atoms with Crippen molar-refractivity contribution in [2.45, 2.75) is 39.2 Å². The SMILES string of the molecule is CC1CCC(NCC(=O)Nc2ccccc2)CC1C. The van der Waals surface area contributed by atoms with E-state index in [0.29, 0.717) is 12.6 Å². The molecule has 1 saturated carbocycles. The van der Waals surface area contributed by atoms with Crippen molar-refractivity contribution in [2.24, 2.45) is 11.8 Å². The van der Waals surface area contributed by atoms with Gasteiger partial charge < -0.3 is 10.6 Å². The van der Waals surface area contributed by atoms with Crippen LogP contribution in [0.5, 0.6) is 0 Å². The van der Waals surface area contributed by atoms with Crippen molar-refractivity contribution in [2.75, 3.05) is 11.9 Å². The molecule has 0 heterocycles. The van der Waals surface area contributed by atoms with Crippen LogP contribution in [0.2, 0.25) is 0 Å². The molecule has 0 bridgehead atoms. The van der Waals surface area contributed by atoms with Crippen molar-refractivity contribution in [1.82, 2.24) is 5.32 Å². The maximum Gasteiger partial charge on any atom is 0.238 e. The molecule has 1 fully saturated rings. The fraction of sp³-hybridized carbons (Fsp3) is 0.562. The summed E-state index contributed by atoms with van der Waals surface area (Å²) >= 11 is 0. The van der Waals surface area contributed by atoms with Gasteiger partial charge in [0.15, 0.2) is 0 Å². The summed E-state index contributed by atoms with van der Waals surface area (Å²) in [6, 6.07) is 10.1. The average Bonchev–Trinajstić information content (AvgIpc) is 2.41. The van der Waals surface area contributed by atoms with Gasteiger partial charge in [0.2, 0.25) is 5.91 Å². The summed E-state index contributed by atoms with van der Waals surface area (Å²) in [5, 5.41) is 6.28. The Morgan fingerprint density at radius 2 is 1.89 bits per heavy atom. The summed E-state index contributed by atoms with van der Waals surface area (Å²) in [7, 11) is 0. The lowest BCUT2D eigenvalue weighted by molar-refractivity contribution is -0.115. The molecule has 19 heavy (non-hydrogen) atoms. The molecule has 0 radical (unpaired) electrons. The maximum atomic E-state index is 11.8. The zero-order chi connectivity index (χ0) is 13.7. The Morgan fingerprint density at radius 1 is 1.16 bits per heavy atom. The van der Waals surface area contributed by atoms with Crippen molar-refractivity contribution in [3.63, 3.8) is 0 Å². The van der Waals surface area contributed by atoms with Gasteiger partial charge in [0.05, 0.1) is 6.54 Å². The van der Waals surface area contributed by atoms with Gasteiger partial charge in [-0.1, -0.05) is 32.0 Å². The Labute approximate surface area is 115 Å². The summed E-state index contributed by atoms with van der Waals surface area (Å²) in [4.78, 5) is 11.8. The Bertz CT molecular complexity index is 404. The molecule has 0 saturated heterocycles. The van der Waals surface area contributed by atoms with Gasteiger partial charge in [0.1, 0.15) is 0 Å². The van der Waals surface area contributed by atoms with E-state index in [1.807, 2.05) is 30.3 Å². The molecule has 1 aromatic rings. The monoisotopic (exact) mass is 260 g/mol. The van der Waals surface area contributed by atoms with E-state index in [4.69, 9.17) is 0 Å². The van der Waals surface area contributed by atoms with Crippen LogP contribution in [-0.4, -0.2) is 18.5 Å². The first-order chi connectivity index (χ1) is 9.15. The molecule has 3 nitrogen and oxygen atoms in total. The first kappa shape index (κ1) is 14.1. The number of amides is 1. The fourth-order valence-corrected chi connectivity index (χ4v) is 2.70. The summed E-state index contributed by atoms with van der Waals surface area (Å²) in [5.74, 6) is 1.61. The van der Waals surface area contributed by atoms with Gasteiger partial charge in [-0.2, -0.15) is 0 Å². The summed E-state index contributed by atoms with van der Waals surface area (Å²) < 4.78 is 0. The Kier molecular flexibility index (Phi) is 4.97. The van der Waals surface area contributed by atoms with Crippen molar-refractivity contribution < 1.29 is 4.79 Å². The number of rotatable bonds is 4. The number of hydrogen-bond acceptors (Lipinski definition) is 2. The number of nitrogens with one attached hydrogen (secondary N) is 2. The molecule has 1 aliphatic rings. The molecule has 3 heteroatoms. The van der Waals surface area contributed by atoms with Gasteiger partial charge in [-0.3, -0.25) is 4.79 Å². The van der Waals surface area contributed by atoms with Gasteiger partial charge in [0, 0.05) is 11.7 Å². The number of anilines is 1. The van der Waals surface area contributed by atoms with E-state index in [0.717, 1.165) is 17.5 Å².